The van der Waals surface area contributed by atoms with Gasteiger partial charge in [0.25, 0.3) is 6.02 Å². The highest BCUT2D eigenvalue weighted by Gasteiger charge is 2.40. The average Bonchev–Trinajstić information content (AvgIpc) is 2.91. The van der Waals surface area contributed by atoms with Gasteiger partial charge in [-0.1, -0.05) is 40.2 Å². The van der Waals surface area contributed by atoms with E-state index in [-0.39, 0.29) is 6.02 Å². The Labute approximate surface area is 131 Å². The lowest BCUT2D eigenvalue weighted by molar-refractivity contribution is 0.278. The van der Waals surface area contributed by atoms with Crippen LogP contribution in [0.4, 0.5) is 0 Å². The molecule has 0 aromatic heterocycles. The predicted octanol–water partition coefficient (Wildman–Crippen LogP) is 3.05. The number of nitrogens with zero attached hydrogens (tertiary/aromatic N) is 1. The van der Waals surface area contributed by atoms with Gasteiger partial charge in [0.1, 0.15) is 12.4 Å². The summed E-state index contributed by atoms with van der Waals surface area (Å²) in [6.07, 6.45) is 0. The normalized spacial score (nSPS) is 20.8. The van der Waals surface area contributed by atoms with Crippen molar-refractivity contribution in [2.24, 2.45) is 10.7 Å². The maximum Gasteiger partial charge on any atom is 0.283 e. The van der Waals surface area contributed by atoms with E-state index in [1.54, 1.807) is 7.11 Å². The topological polar surface area (TPSA) is 56.8 Å². The molecule has 4 nitrogen and oxygen atoms in total. The van der Waals surface area contributed by atoms with Crippen molar-refractivity contribution in [2.45, 2.75) is 5.54 Å². The Morgan fingerprint density at radius 1 is 1.19 bits per heavy atom. The molecule has 108 valence electrons. The largest absolute Gasteiger partial charge is 0.497 e. The molecule has 2 aromatic rings. The van der Waals surface area contributed by atoms with Crippen LogP contribution in [0, 0.1) is 0 Å². The SMILES string of the molecule is COc1cccc([C@]2(c3cccc(Br)c3)COC(N)=N2)c1. The summed E-state index contributed by atoms with van der Waals surface area (Å²) in [5, 5.41) is 0. The van der Waals surface area contributed by atoms with Crippen LogP contribution in [0.3, 0.4) is 0 Å². The molecule has 0 fully saturated rings. The Morgan fingerprint density at radius 2 is 1.90 bits per heavy atom. The van der Waals surface area contributed by atoms with Gasteiger partial charge in [-0.2, -0.15) is 0 Å². The van der Waals surface area contributed by atoms with E-state index >= 15 is 0 Å². The van der Waals surface area contributed by atoms with E-state index in [4.69, 9.17) is 15.2 Å². The lowest BCUT2D eigenvalue weighted by Crippen LogP contribution is -2.27. The van der Waals surface area contributed by atoms with Crippen LogP contribution in [0.5, 0.6) is 5.75 Å². The highest BCUT2D eigenvalue weighted by molar-refractivity contribution is 9.10. The molecule has 0 amide bonds. The predicted molar refractivity (Wildman–Crippen MR) is 85.5 cm³/mol. The molecule has 0 radical (unpaired) electrons. The van der Waals surface area contributed by atoms with Gasteiger partial charge < -0.3 is 15.2 Å². The maximum atomic E-state index is 5.78. The van der Waals surface area contributed by atoms with Crippen LogP contribution < -0.4 is 10.5 Å². The van der Waals surface area contributed by atoms with Gasteiger partial charge in [0.05, 0.1) is 7.11 Å². The molecule has 3 rings (SSSR count). The summed E-state index contributed by atoms with van der Waals surface area (Å²) in [6, 6.07) is 16.0. The summed E-state index contributed by atoms with van der Waals surface area (Å²) in [5.74, 6) is 0.780. The monoisotopic (exact) mass is 346 g/mol. The number of halogens is 1. The van der Waals surface area contributed by atoms with E-state index in [1.807, 2.05) is 48.5 Å². The Balaban J connectivity index is 2.18. The number of benzene rings is 2. The van der Waals surface area contributed by atoms with Crippen molar-refractivity contribution in [3.63, 3.8) is 0 Å². The van der Waals surface area contributed by atoms with Crippen LogP contribution in [0.25, 0.3) is 0 Å². The lowest BCUT2D eigenvalue weighted by Gasteiger charge is -2.25. The van der Waals surface area contributed by atoms with Crippen LogP contribution in [0.1, 0.15) is 11.1 Å². The minimum Gasteiger partial charge on any atom is -0.497 e. The molecule has 0 spiro atoms. The minimum absolute atomic E-state index is 0.206. The van der Waals surface area contributed by atoms with Crippen molar-refractivity contribution in [3.05, 3.63) is 64.1 Å². The number of aliphatic imine (C=N–C) groups is 1. The van der Waals surface area contributed by atoms with Crippen molar-refractivity contribution in [1.82, 2.24) is 0 Å². The van der Waals surface area contributed by atoms with E-state index in [9.17, 15) is 0 Å². The lowest BCUT2D eigenvalue weighted by atomic mass is 9.84. The van der Waals surface area contributed by atoms with Crippen molar-refractivity contribution >= 4 is 22.0 Å². The molecule has 0 saturated heterocycles. The second-order valence-corrected chi connectivity index (χ2v) is 5.76. The maximum absolute atomic E-state index is 5.78. The Bertz CT molecular complexity index is 702. The quantitative estimate of drug-likeness (QED) is 0.929. The number of nitrogens with two attached hydrogens (primary N) is 1. The van der Waals surface area contributed by atoms with Crippen molar-refractivity contribution in [1.29, 1.82) is 0 Å². The second kappa shape index (κ2) is 5.41. The van der Waals surface area contributed by atoms with Gasteiger partial charge in [-0.3, -0.25) is 0 Å². The van der Waals surface area contributed by atoms with Crippen molar-refractivity contribution in [3.8, 4) is 5.75 Å². The molecule has 21 heavy (non-hydrogen) atoms. The van der Waals surface area contributed by atoms with Crippen molar-refractivity contribution in [2.75, 3.05) is 13.7 Å². The van der Waals surface area contributed by atoms with Gasteiger partial charge in [0.15, 0.2) is 5.54 Å². The zero-order valence-electron chi connectivity index (χ0n) is 11.5. The third kappa shape index (κ3) is 2.49. The first-order chi connectivity index (χ1) is 10.1. The number of ether oxygens (including phenoxy) is 2. The fourth-order valence-corrected chi connectivity index (χ4v) is 2.92. The number of amidine groups is 1. The standard InChI is InChI=1S/C16H15BrN2O2/c1-20-14-7-3-5-12(9-14)16(10-21-15(18)19-16)11-4-2-6-13(17)8-11/h2-9H,10H2,1H3,(H2,18,19)/t16-/m1/s1. The highest BCUT2D eigenvalue weighted by Crippen LogP contribution is 2.39. The van der Waals surface area contributed by atoms with E-state index in [0.29, 0.717) is 6.61 Å². The fraction of sp³-hybridized carbons (Fsp3) is 0.188. The molecule has 5 heteroatoms. The second-order valence-electron chi connectivity index (χ2n) is 4.84. The molecule has 0 unspecified atom stereocenters. The third-order valence-electron chi connectivity index (χ3n) is 3.58. The molecular formula is C16H15BrN2O2. The summed E-state index contributed by atoms with van der Waals surface area (Å²) in [4.78, 5) is 4.57. The fourth-order valence-electron chi connectivity index (χ4n) is 2.52. The number of methoxy groups -OCH3 is 1. The summed E-state index contributed by atoms with van der Waals surface area (Å²) < 4.78 is 11.8. The molecule has 1 heterocycles. The number of hydrogen-bond donors (Lipinski definition) is 1. The molecule has 1 atom stereocenters. The minimum atomic E-state index is -0.637. The molecule has 2 N–H and O–H groups in total. The Morgan fingerprint density at radius 3 is 2.52 bits per heavy atom. The van der Waals surface area contributed by atoms with E-state index in [2.05, 4.69) is 20.9 Å². The van der Waals surface area contributed by atoms with E-state index in [0.717, 1.165) is 21.3 Å². The summed E-state index contributed by atoms with van der Waals surface area (Å²) in [5.41, 5.74) is 7.15. The van der Waals surface area contributed by atoms with Gasteiger partial charge in [-0.25, -0.2) is 4.99 Å². The van der Waals surface area contributed by atoms with Crippen LogP contribution >= 0.6 is 15.9 Å². The highest BCUT2D eigenvalue weighted by atomic mass is 79.9. The van der Waals surface area contributed by atoms with Gasteiger partial charge in [0.2, 0.25) is 0 Å². The first-order valence-corrected chi connectivity index (χ1v) is 7.32. The smallest absolute Gasteiger partial charge is 0.283 e. The molecular weight excluding hydrogens is 332 g/mol. The average molecular weight is 347 g/mol. The summed E-state index contributed by atoms with van der Waals surface area (Å²) in [6.45, 7) is 0.377. The molecule has 0 bridgehead atoms. The van der Waals surface area contributed by atoms with Gasteiger partial charge in [-0.05, 0) is 35.4 Å². The molecule has 0 aliphatic carbocycles. The van der Waals surface area contributed by atoms with E-state index < -0.39 is 5.54 Å². The summed E-state index contributed by atoms with van der Waals surface area (Å²) in [7, 11) is 1.65. The first kappa shape index (κ1) is 13.9. The van der Waals surface area contributed by atoms with Crippen LogP contribution in [-0.4, -0.2) is 19.7 Å². The van der Waals surface area contributed by atoms with Gasteiger partial charge in [-0.15, -0.1) is 0 Å². The number of rotatable bonds is 3. The zero-order valence-corrected chi connectivity index (χ0v) is 13.1. The molecule has 1 aliphatic rings. The molecule has 2 aromatic carbocycles. The first-order valence-electron chi connectivity index (χ1n) is 6.53. The number of hydrogen-bond acceptors (Lipinski definition) is 4. The zero-order chi connectivity index (χ0) is 14.9. The Hall–Kier alpha value is -2.01. The molecule has 1 aliphatic heterocycles. The Kier molecular flexibility index (Phi) is 3.59. The van der Waals surface area contributed by atoms with Crippen molar-refractivity contribution < 1.29 is 9.47 Å². The van der Waals surface area contributed by atoms with Crippen LogP contribution in [0.15, 0.2) is 58.0 Å². The van der Waals surface area contributed by atoms with Crippen LogP contribution in [0.2, 0.25) is 0 Å². The third-order valence-corrected chi connectivity index (χ3v) is 4.07. The summed E-state index contributed by atoms with van der Waals surface area (Å²) >= 11 is 3.50. The van der Waals surface area contributed by atoms with E-state index in [1.165, 1.54) is 0 Å². The van der Waals surface area contributed by atoms with Crippen LogP contribution in [-0.2, 0) is 10.3 Å². The van der Waals surface area contributed by atoms with Gasteiger partial charge in [0, 0.05) is 4.47 Å². The molecule has 0 saturated carbocycles. The van der Waals surface area contributed by atoms with Gasteiger partial charge >= 0.3 is 0 Å².